The lowest BCUT2D eigenvalue weighted by Crippen LogP contribution is -2.44. The van der Waals surface area contributed by atoms with Crippen LogP contribution in [-0.4, -0.2) is 64.2 Å². The predicted molar refractivity (Wildman–Crippen MR) is 83.5 cm³/mol. The first kappa shape index (κ1) is 14.1. The van der Waals surface area contributed by atoms with E-state index in [0.29, 0.717) is 22.1 Å². The summed E-state index contributed by atoms with van der Waals surface area (Å²) in [6.45, 7) is 4.74. The monoisotopic (exact) mass is 333 g/mol. The van der Waals surface area contributed by atoms with E-state index in [1.807, 2.05) is 0 Å². The van der Waals surface area contributed by atoms with Crippen molar-refractivity contribution in [2.45, 2.75) is 31.0 Å². The SMILES string of the molecule is [3H]c1nc2nc(=C)cnc3cn([C@@H]4O[C@H](CO)[C@@H](O)[C@@]4(C)O)c([nH]1)c3-2. The van der Waals surface area contributed by atoms with E-state index < -0.39 is 30.6 Å². The second-order valence-corrected chi connectivity index (χ2v) is 6.06. The summed E-state index contributed by atoms with van der Waals surface area (Å²) in [7, 11) is 0. The van der Waals surface area contributed by atoms with Gasteiger partial charge in [0.25, 0.3) is 0 Å². The largest absolute Gasteiger partial charge is 0.394 e. The Hall–Kier alpha value is -2.33. The Kier molecular flexibility index (Phi) is 2.98. The molecule has 0 spiro atoms. The number of hydrogen-bond donors (Lipinski definition) is 4. The van der Waals surface area contributed by atoms with Gasteiger partial charge in [-0.2, -0.15) is 0 Å². The van der Waals surface area contributed by atoms with Crippen LogP contribution >= 0.6 is 0 Å². The molecule has 3 aliphatic heterocycles. The number of nitrogens with one attached hydrogen (secondary N) is 1. The number of nitrogens with zero attached hydrogens (tertiary/aromatic N) is 4. The van der Waals surface area contributed by atoms with Crippen molar-refractivity contribution in [2.24, 2.45) is 0 Å². The quantitative estimate of drug-likeness (QED) is 0.471. The highest BCUT2D eigenvalue weighted by Crippen LogP contribution is 2.41. The normalized spacial score (nSPS) is 31.0. The van der Waals surface area contributed by atoms with Crippen LogP contribution in [0, 0.1) is 0 Å². The van der Waals surface area contributed by atoms with E-state index in [1.54, 1.807) is 6.20 Å². The zero-order valence-corrected chi connectivity index (χ0v) is 12.8. The molecule has 24 heavy (non-hydrogen) atoms. The summed E-state index contributed by atoms with van der Waals surface area (Å²) in [5.74, 6) is 0.284. The lowest BCUT2D eigenvalue weighted by atomic mass is 9.96. The molecule has 1 saturated heterocycles. The molecule has 1 fully saturated rings. The van der Waals surface area contributed by atoms with Crippen molar-refractivity contribution in [3.63, 3.8) is 0 Å². The Bertz CT molecular complexity index is 984. The number of hydrogen-bond acceptors (Lipinski definition) is 7. The van der Waals surface area contributed by atoms with Gasteiger partial charge in [0.15, 0.2) is 12.1 Å². The van der Waals surface area contributed by atoms with Gasteiger partial charge >= 0.3 is 0 Å². The fraction of sp³-hybridized carbons (Fsp3) is 0.400. The molecule has 0 aliphatic carbocycles. The van der Waals surface area contributed by atoms with Crippen LogP contribution in [-0.2, 0) is 4.74 Å². The van der Waals surface area contributed by atoms with Crippen LogP contribution in [0.25, 0.3) is 29.1 Å². The van der Waals surface area contributed by atoms with E-state index in [1.165, 1.54) is 17.7 Å². The first-order valence-corrected chi connectivity index (χ1v) is 7.39. The fourth-order valence-corrected chi connectivity index (χ4v) is 3.11. The summed E-state index contributed by atoms with van der Waals surface area (Å²) in [6, 6.07) is 0. The topological polar surface area (TPSA) is 129 Å². The molecule has 3 aliphatic rings. The van der Waals surface area contributed by atoms with Crippen molar-refractivity contribution < 1.29 is 21.4 Å². The summed E-state index contributed by atoms with van der Waals surface area (Å²) >= 11 is 0. The van der Waals surface area contributed by atoms with E-state index in [2.05, 4.69) is 26.5 Å². The Morgan fingerprint density at radius 1 is 1.54 bits per heavy atom. The van der Waals surface area contributed by atoms with Gasteiger partial charge in [-0.15, -0.1) is 0 Å². The van der Waals surface area contributed by atoms with E-state index >= 15 is 0 Å². The first-order chi connectivity index (χ1) is 11.8. The Labute approximate surface area is 137 Å². The van der Waals surface area contributed by atoms with Gasteiger partial charge in [-0.1, -0.05) is 6.58 Å². The summed E-state index contributed by atoms with van der Waals surface area (Å²) in [4.78, 5) is 15.4. The van der Waals surface area contributed by atoms with E-state index in [-0.39, 0.29) is 12.1 Å². The molecular formula is C15H17N5O4. The predicted octanol–water partition coefficient (Wildman–Crippen LogP) is -1.05. The van der Waals surface area contributed by atoms with Crippen molar-refractivity contribution in [2.75, 3.05) is 6.61 Å². The van der Waals surface area contributed by atoms with Crippen LogP contribution in [0.2, 0.25) is 0 Å². The Balaban J connectivity index is 1.99. The number of aromatic amines is 1. The maximum absolute atomic E-state index is 10.7. The molecule has 126 valence electrons. The Morgan fingerprint density at radius 2 is 2.33 bits per heavy atom. The lowest BCUT2D eigenvalue weighted by molar-refractivity contribution is -0.0947. The average molecular weight is 333 g/mol. The fourth-order valence-electron chi connectivity index (χ4n) is 3.11. The highest BCUT2D eigenvalue weighted by molar-refractivity contribution is 5.88. The number of aliphatic hydroxyl groups is 3. The molecule has 0 aromatic carbocycles. The summed E-state index contributed by atoms with van der Waals surface area (Å²) in [6.07, 6.45) is -0.256. The molecule has 0 radical (unpaired) electrons. The van der Waals surface area contributed by atoms with Crippen molar-refractivity contribution in [1.29, 1.82) is 0 Å². The zero-order valence-electron chi connectivity index (χ0n) is 13.8. The molecule has 9 nitrogen and oxygen atoms in total. The van der Waals surface area contributed by atoms with E-state index in [9.17, 15) is 15.3 Å². The number of aliphatic hydroxyl groups excluding tert-OH is 2. The van der Waals surface area contributed by atoms with Gasteiger partial charge in [-0.05, 0) is 6.92 Å². The van der Waals surface area contributed by atoms with Crippen molar-refractivity contribution >= 4 is 17.7 Å². The number of ether oxygens (including phenoxy) is 1. The highest BCUT2D eigenvalue weighted by Gasteiger charge is 2.53. The molecule has 4 atom stereocenters. The standard InChI is InChI=1S/C15H17N5O4/c1-7-3-16-8-4-20(13-10(8)12(19-7)17-6-18-13)14-15(2,23)11(22)9(5-21)24-14/h3-4,6,9,11,14,21-23H,1,5H2,2H3,(H,17,18,19)/t9-,11-,14-,15-/m1/s1/i6T. The van der Waals surface area contributed by atoms with Gasteiger partial charge in [0, 0.05) is 6.20 Å². The minimum Gasteiger partial charge on any atom is -0.394 e. The average Bonchev–Trinajstić information content (AvgIpc) is 2.94. The third-order valence-electron chi connectivity index (χ3n) is 4.36. The molecule has 4 rings (SSSR count). The third-order valence-corrected chi connectivity index (χ3v) is 4.36. The van der Waals surface area contributed by atoms with Crippen LogP contribution in [0.4, 0.5) is 0 Å². The van der Waals surface area contributed by atoms with Crippen LogP contribution in [0.5, 0.6) is 0 Å². The number of aromatic nitrogens is 5. The van der Waals surface area contributed by atoms with Gasteiger partial charge in [0.1, 0.15) is 24.8 Å². The molecule has 1 aromatic rings. The molecule has 0 amide bonds. The number of H-pyrrole nitrogens is 1. The second kappa shape index (κ2) is 5.08. The molecule has 0 bridgehead atoms. The van der Waals surface area contributed by atoms with Crippen LogP contribution in [0.15, 0.2) is 18.7 Å². The Morgan fingerprint density at radius 3 is 3.04 bits per heavy atom. The van der Waals surface area contributed by atoms with Gasteiger partial charge in [-0.3, -0.25) is 4.98 Å². The smallest absolute Gasteiger partial charge is 0.167 e. The van der Waals surface area contributed by atoms with Crippen LogP contribution in [0.3, 0.4) is 0 Å². The van der Waals surface area contributed by atoms with Gasteiger partial charge < -0.3 is 29.6 Å². The molecule has 0 unspecified atom stereocenters. The van der Waals surface area contributed by atoms with Crippen LogP contribution in [0.1, 0.15) is 14.5 Å². The van der Waals surface area contributed by atoms with Gasteiger partial charge in [0.2, 0.25) is 0 Å². The first-order valence-electron chi connectivity index (χ1n) is 7.89. The summed E-state index contributed by atoms with van der Waals surface area (Å²) in [5.41, 5.74) is -0.189. The van der Waals surface area contributed by atoms with Crippen LogP contribution < -0.4 is 5.35 Å². The minimum atomic E-state index is -1.66. The van der Waals surface area contributed by atoms with Gasteiger partial charge in [-0.25, -0.2) is 9.97 Å². The lowest BCUT2D eigenvalue weighted by Gasteiger charge is -2.27. The molecule has 9 heteroatoms. The number of rotatable bonds is 2. The summed E-state index contributed by atoms with van der Waals surface area (Å²) in [5, 5.41) is 30.7. The second-order valence-electron chi connectivity index (χ2n) is 6.06. The molecule has 4 N–H and O–H groups in total. The zero-order chi connectivity index (χ0) is 17.9. The third kappa shape index (κ3) is 1.99. The van der Waals surface area contributed by atoms with E-state index in [4.69, 9.17) is 6.11 Å². The molecular weight excluding hydrogens is 314 g/mol. The molecule has 1 aromatic heterocycles. The highest BCUT2D eigenvalue weighted by atomic mass is 16.6. The minimum absolute atomic E-state index is 0.135. The summed E-state index contributed by atoms with van der Waals surface area (Å²) < 4.78 is 15.1. The maximum atomic E-state index is 10.7. The molecule has 4 heterocycles. The van der Waals surface area contributed by atoms with Gasteiger partial charge in [0.05, 0.1) is 35.5 Å². The van der Waals surface area contributed by atoms with Crippen molar-refractivity contribution in [1.82, 2.24) is 24.5 Å². The van der Waals surface area contributed by atoms with Crippen molar-refractivity contribution in [3.05, 3.63) is 24.0 Å². The maximum Gasteiger partial charge on any atom is 0.167 e. The van der Waals surface area contributed by atoms with Crippen molar-refractivity contribution in [3.8, 4) is 11.4 Å². The molecule has 0 saturated carbocycles. The van der Waals surface area contributed by atoms with E-state index in [0.717, 1.165) is 0 Å².